The minimum absolute atomic E-state index is 0.596. The summed E-state index contributed by atoms with van der Waals surface area (Å²) in [5.41, 5.74) is 1.04. The van der Waals surface area contributed by atoms with Gasteiger partial charge >= 0.3 is 0 Å². The third-order valence-electron chi connectivity index (χ3n) is 3.41. The lowest BCUT2D eigenvalue weighted by Crippen LogP contribution is -2.37. The minimum atomic E-state index is 0.596. The molecule has 0 saturated heterocycles. The molecule has 1 aromatic carbocycles. The first kappa shape index (κ1) is 12.3. The van der Waals surface area contributed by atoms with Gasteiger partial charge in [0, 0.05) is 10.5 Å². The van der Waals surface area contributed by atoms with E-state index in [0.717, 1.165) is 27.0 Å². The van der Waals surface area contributed by atoms with Gasteiger partial charge in [-0.2, -0.15) is 0 Å². The largest absolute Gasteiger partial charge is 0.381 e. The van der Waals surface area contributed by atoms with Gasteiger partial charge in [-0.3, -0.25) is 0 Å². The highest BCUT2D eigenvalue weighted by molar-refractivity contribution is 9.10. The molecular formula is C13H17BrClN. The summed E-state index contributed by atoms with van der Waals surface area (Å²) in [4.78, 5) is 0. The van der Waals surface area contributed by atoms with E-state index in [1.54, 1.807) is 0 Å². The Morgan fingerprint density at radius 2 is 2.06 bits per heavy atom. The van der Waals surface area contributed by atoms with Gasteiger partial charge < -0.3 is 5.32 Å². The first-order valence-corrected chi connectivity index (χ1v) is 6.95. The Kier molecular flexibility index (Phi) is 3.81. The number of halogens is 2. The average molecular weight is 303 g/mol. The summed E-state index contributed by atoms with van der Waals surface area (Å²) in [7, 11) is 0. The van der Waals surface area contributed by atoms with E-state index in [1.165, 1.54) is 12.8 Å². The third-order valence-corrected chi connectivity index (χ3v) is 4.23. The molecule has 0 bridgehead atoms. The van der Waals surface area contributed by atoms with Crippen molar-refractivity contribution in [3.8, 4) is 0 Å². The lowest BCUT2D eigenvalue weighted by molar-refractivity contribution is 0.212. The van der Waals surface area contributed by atoms with Gasteiger partial charge in [0.2, 0.25) is 0 Å². The van der Waals surface area contributed by atoms with Crippen LogP contribution in [0.4, 0.5) is 5.69 Å². The first-order valence-electron chi connectivity index (χ1n) is 5.78. The van der Waals surface area contributed by atoms with Crippen LogP contribution in [0.3, 0.4) is 0 Å². The van der Waals surface area contributed by atoms with Crippen molar-refractivity contribution in [3.05, 3.63) is 27.7 Å². The Balaban J connectivity index is 1.94. The molecule has 0 aliphatic heterocycles. The Morgan fingerprint density at radius 3 is 2.69 bits per heavy atom. The Bertz CT molecular complexity index is 372. The van der Waals surface area contributed by atoms with Crippen molar-refractivity contribution in [1.29, 1.82) is 0 Å². The van der Waals surface area contributed by atoms with Crippen molar-refractivity contribution in [2.45, 2.75) is 32.7 Å². The van der Waals surface area contributed by atoms with Gasteiger partial charge in [-0.05, 0) is 42.9 Å². The highest BCUT2D eigenvalue weighted by atomic mass is 79.9. The van der Waals surface area contributed by atoms with Crippen LogP contribution >= 0.6 is 27.5 Å². The molecular weight excluding hydrogens is 286 g/mol. The number of benzene rings is 1. The fourth-order valence-electron chi connectivity index (χ4n) is 2.15. The summed E-state index contributed by atoms with van der Waals surface area (Å²) in [6, 6.07) is 6.53. The topological polar surface area (TPSA) is 12.0 Å². The number of anilines is 1. The van der Waals surface area contributed by atoms with Crippen molar-refractivity contribution < 1.29 is 0 Å². The SMILES string of the molecule is CC(C)C1CC(Nc2cc(Br)ccc2Cl)C1. The summed E-state index contributed by atoms with van der Waals surface area (Å²) in [6.45, 7) is 4.60. The Morgan fingerprint density at radius 1 is 1.38 bits per heavy atom. The maximum Gasteiger partial charge on any atom is 0.0638 e. The maximum atomic E-state index is 6.14. The van der Waals surface area contributed by atoms with E-state index in [0.29, 0.717) is 6.04 Å². The van der Waals surface area contributed by atoms with Crippen molar-refractivity contribution in [1.82, 2.24) is 0 Å². The second kappa shape index (κ2) is 4.97. The number of rotatable bonds is 3. The van der Waals surface area contributed by atoms with Crippen LogP contribution < -0.4 is 5.32 Å². The molecule has 1 aliphatic carbocycles. The van der Waals surface area contributed by atoms with Crippen molar-refractivity contribution in [2.75, 3.05) is 5.32 Å². The maximum absolute atomic E-state index is 6.14. The monoisotopic (exact) mass is 301 g/mol. The summed E-state index contributed by atoms with van der Waals surface area (Å²) in [5, 5.41) is 4.31. The average Bonchev–Trinajstić information content (AvgIpc) is 2.15. The van der Waals surface area contributed by atoms with Gasteiger partial charge in [-0.15, -0.1) is 0 Å². The molecule has 1 aromatic rings. The molecule has 0 unspecified atom stereocenters. The van der Waals surface area contributed by atoms with Crippen molar-refractivity contribution >= 4 is 33.2 Å². The first-order chi connectivity index (χ1) is 7.56. The van der Waals surface area contributed by atoms with E-state index in [1.807, 2.05) is 18.2 Å². The zero-order valence-electron chi connectivity index (χ0n) is 9.63. The molecule has 0 heterocycles. The van der Waals surface area contributed by atoms with E-state index in [-0.39, 0.29) is 0 Å². The van der Waals surface area contributed by atoms with Crippen LogP contribution in [-0.4, -0.2) is 6.04 Å². The predicted octanol–water partition coefficient (Wildman–Crippen LogP) is 4.95. The normalized spacial score (nSPS) is 24.3. The Hall–Kier alpha value is -0.210. The van der Waals surface area contributed by atoms with Crippen LogP contribution in [0.5, 0.6) is 0 Å². The van der Waals surface area contributed by atoms with E-state index in [2.05, 4.69) is 35.1 Å². The molecule has 2 rings (SSSR count). The van der Waals surface area contributed by atoms with Crippen LogP contribution in [0.25, 0.3) is 0 Å². The predicted molar refractivity (Wildman–Crippen MR) is 74.1 cm³/mol. The van der Waals surface area contributed by atoms with E-state index < -0.39 is 0 Å². The molecule has 0 spiro atoms. The van der Waals surface area contributed by atoms with Crippen molar-refractivity contribution in [2.24, 2.45) is 11.8 Å². The standard InChI is InChI=1S/C13H17BrClN/c1-8(2)9-5-11(6-9)16-13-7-10(14)3-4-12(13)15/h3-4,7-9,11,16H,5-6H2,1-2H3. The van der Waals surface area contributed by atoms with Gasteiger partial charge in [0.05, 0.1) is 10.7 Å². The summed E-state index contributed by atoms with van der Waals surface area (Å²) in [6.07, 6.45) is 2.53. The molecule has 16 heavy (non-hydrogen) atoms. The lowest BCUT2D eigenvalue weighted by atomic mass is 9.73. The zero-order chi connectivity index (χ0) is 11.7. The fourth-order valence-corrected chi connectivity index (χ4v) is 2.69. The molecule has 1 N–H and O–H groups in total. The van der Waals surface area contributed by atoms with Gasteiger partial charge in [0.25, 0.3) is 0 Å². The molecule has 3 heteroatoms. The third kappa shape index (κ3) is 2.72. The smallest absolute Gasteiger partial charge is 0.0638 e. The van der Waals surface area contributed by atoms with E-state index in [4.69, 9.17) is 11.6 Å². The highest BCUT2D eigenvalue weighted by Gasteiger charge is 2.31. The van der Waals surface area contributed by atoms with Gasteiger partial charge in [-0.1, -0.05) is 41.4 Å². The molecule has 88 valence electrons. The minimum Gasteiger partial charge on any atom is -0.381 e. The second-order valence-electron chi connectivity index (χ2n) is 4.94. The fraction of sp³-hybridized carbons (Fsp3) is 0.538. The van der Waals surface area contributed by atoms with Gasteiger partial charge in [-0.25, -0.2) is 0 Å². The Labute approximate surface area is 111 Å². The molecule has 0 atom stereocenters. The van der Waals surface area contributed by atoms with Crippen LogP contribution in [0.1, 0.15) is 26.7 Å². The quantitative estimate of drug-likeness (QED) is 0.833. The molecule has 1 nitrogen and oxygen atoms in total. The summed E-state index contributed by atoms with van der Waals surface area (Å²) in [5.74, 6) is 1.68. The van der Waals surface area contributed by atoms with Crippen LogP contribution in [0.15, 0.2) is 22.7 Å². The molecule has 0 radical (unpaired) electrons. The molecule has 1 saturated carbocycles. The second-order valence-corrected chi connectivity index (χ2v) is 6.26. The molecule has 1 aliphatic rings. The van der Waals surface area contributed by atoms with E-state index in [9.17, 15) is 0 Å². The zero-order valence-corrected chi connectivity index (χ0v) is 12.0. The van der Waals surface area contributed by atoms with Crippen LogP contribution in [-0.2, 0) is 0 Å². The van der Waals surface area contributed by atoms with Crippen LogP contribution in [0.2, 0.25) is 5.02 Å². The molecule has 0 aromatic heterocycles. The molecule has 1 fully saturated rings. The number of hydrogen-bond acceptors (Lipinski definition) is 1. The summed E-state index contributed by atoms with van der Waals surface area (Å²) < 4.78 is 1.07. The molecule has 0 amide bonds. The lowest BCUT2D eigenvalue weighted by Gasteiger charge is -2.39. The van der Waals surface area contributed by atoms with Gasteiger partial charge in [0.1, 0.15) is 0 Å². The summed E-state index contributed by atoms with van der Waals surface area (Å²) >= 11 is 9.60. The van der Waals surface area contributed by atoms with Crippen LogP contribution in [0, 0.1) is 11.8 Å². The van der Waals surface area contributed by atoms with E-state index >= 15 is 0 Å². The number of nitrogens with one attached hydrogen (secondary N) is 1. The number of hydrogen-bond donors (Lipinski definition) is 1. The van der Waals surface area contributed by atoms with Gasteiger partial charge in [0.15, 0.2) is 0 Å². The highest BCUT2D eigenvalue weighted by Crippen LogP contribution is 2.37. The van der Waals surface area contributed by atoms with Crippen molar-refractivity contribution in [3.63, 3.8) is 0 Å².